The zero-order valence-electron chi connectivity index (χ0n) is 5.82. The van der Waals surface area contributed by atoms with E-state index in [4.69, 9.17) is 16.8 Å². The fourth-order valence-corrected chi connectivity index (χ4v) is 2.77. The summed E-state index contributed by atoms with van der Waals surface area (Å²) in [4.78, 5) is 1.82. The van der Waals surface area contributed by atoms with Crippen molar-refractivity contribution in [2.75, 3.05) is 0 Å². The van der Waals surface area contributed by atoms with E-state index in [0.29, 0.717) is 9.21 Å². The maximum atomic E-state index is 10.8. The van der Waals surface area contributed by atoms with Gasteiger partial charge in [0.1, 0.15) is 5.75 Å². The minimum atomic E-state index is -3.60. The quantitative estimate of drug-likeness (QED) is 0.763. The van der Waals surface area contributed by atoms with Gasteiger partial charge in [-0.05, 0) is 12.1 Å². The molecule has 1 aromatic heterocycles. The van der Waals surface area contributed by atoms with Crippen LogP contribution in [-0.2, 0) is 15.8 Å². The van der Waals surface area contributed by atoms with E-state index in [9.17, 15) is 8.42 Å². The molecule has 1 rings (SSSR count). The van der Waals surface area contributed by atoms with Crippen LogP contribution in [0.5, 0.6) is 0 Å². The Bertz CT molecular complexity index is 359. The minimum absolute atomic E-state index is 0.249. The third-order valence-electron chi connectivity index (χ3n) is 1.10. The molecule has 0 saturated heterocycles. The Balaban J connectivity index is 2.77. The summed E-state index contributed by atoms with van der Waals surface area (Å²) < 4.78 is 22.1. The molecule has 0 aliphatic heterocycles. The lowest BCUT2D eigenvalue weighted by molar-refractivity contribution is 0.242. The van der Waals surface area contributed by atoms with Crippen LogP contribution in [0, 0.1) is 0 Å². The van der Waals surface area contributed by atoms with E-state index >= 15 is 0 Å². The highest BCUT2D eigenvalue weighted by molar-refractivity contribution is 7.88. The summed E-state index contributed by atoms with van der Waals surface area (Å²) in [5.41, 5.74) is 0. The number of rotatable bonds is 3. The molecular formula is C5H6ClNO3S2. The van der Waals surface area contributed by atoms with Crippen molar-refractivity contribution in [2.24, 2.45) is 0 Å². The Kier molecular flexibility index (Phi) is 3.08. The van der Waals surface area contributed by atoms with E-state index in [2.05, 4.69) is 0 Å². The summed E-state index contributed by atoms with van der Waals surface area (Å²) in [6, 6.07) is 3.20. The van der Waals surface area contributed by atoms with E-state index in [1.165, 1.54) is 16.2 Å². The Morgan fingerprint density at radius 3 is 2.67 bits per heavy atom. The molecule has 0 aliphatic rings. The van der Waals surface area contributed by atoms with Crippen LogP contribution in [0.15, 0.2) is 12.1 Å². The van der Waals surface area contributed by atoms with Crippen LogP contribution >= 0.6 is 22.9 Å². The highest BCUT2D eigenvalue weighted by Crippen LogP contribution is 2.22. The highest BCUT2D eigenvalue weighted by atomic mass is 35.5. The monoisotopic (exact) mass is 227 g/mol. The van der Waals surface area contributed by atoms with Crippen molar-refractivity contribution >= 4 is 33.0 Å². The summed E-state index contributed by atoms with van der Waals surface area (Å²) in [6.45, 7) is 0. The summed E-state index contributed by atoms with van der Waals surface area (Å²) in [5, 5.41) is 8.20. The molecule has 12 heavy (non-hydrogen) atoms. The van der Waals surface area contributed by atoms with Gasteiger partial charge in [0.2, 0.25) is 10.0 Å². The third kappa shape index (κ3) is 2.72. The first-order chi connectivity index (χ1) is 5.53. The topological polar surface area (TPSA) is 66.4 Å². The van der Waals surface area contributed by atoms with Crippen LogP contribution in [0.25, 0.3) is 0 Å². The molecule has 0 saturated carbocycles. The first-order valence-electron chi connectivity index (χ1n) is 2.91. The van der Waals surface area contributed by atoms with Crippen LogP contribution in [-0.4, -0.2) is 13.6 Å². The zero-order chi connectivity index (χ0) is 9.19. The van der Waals surface area contributed by atoms with Gasteiger partial charge in [0.25, 0.3) is 0 Å². The van der Waals surface area contributed by atoms with Crippen molar-refractivity contribution in [1.82, 2.24) is 4.89 Å². The van der Waals surface area contributed by atoms with Crippen molar-refractivity contribution in [3.05, 3.63) is 21.3 Å². The van der Waals surface area contributed by atoms with Gasteiger partial charge in [-0.2, -0.15) is 0 Å². The van der Waals surface area contributed by atoms with Gasteiger partial charge in [-0.1, -0.05) is 16.5 Å². The molecule has 1 heterocycles. The van der Waals surface area contributed by atoms with Gasteiger partial charge in [0, 0.05) is 4.88 Å². The summed E-state index contributed by atoms with van der Waals surface area (Å²) in [6.07, 6.45) is 0. The molecule has 0 aliphatic carbocycles. The van der Waals surface area contributed by atoms with Crippen molar-refractivity contribution in [3.8, 4) is 0 Å². The molecule has 0 aromatic carbocycles. The minimum Gasteiger partial charge on any atom is -0.302 e. The molecule has 0 bridgehead atoms. The van der Waals surface area contributed by atoms with Crippen molar-refractivity contribution < 1.29 is 13.6 Å². The van der Waals surface area contributed by atoms with Crippen LogP contribution in [0.4, 0.5) is 0 Å². The van der Waals surface area contributed by atoms with Gasteiger partial charge in [-0.3, -0.25) is 0 Å². The zero-order valence-corrected chi connectivity index (χ0v) is 8.21. The number of hydrogen-bond acceptors (Lipinski definition) is 4. The molecule has 7 heteroatoms. The Labute approximate surface area is 78.8 Å². The number of sulfonamides is 1. The second-order valence-electron chi connectivity index (χ2n) is 2.06. The molecule has 68 valence electrons. The van der Waals surface area contributed by atoms with E-state index < -0.39 is 10.0 Å². The first-order valence-corrected chi connectivity index (χ1v) is 5.76. The van der Waals surface area contributed by atoms with Gasteiger partial charge < -0.3 is 5.21 Å². The summed E-state index contributed by atoms with van der Waals surface area (Å²) in [7, 11) is -3.60. The Morgan fingerprint density at radius 1 is 1.58 bits per heavy atom. The van der Waals surface area contributed by atoms with Gasteiger partial charge in [-0.15, -0.1) is 11.3 Å². The second-order valence-corrected chi connectivity index (χ2v) is 5.56. The van der Waals surface area contributed by atoms with Crippen LogP contribution in [0.3, 0.4) is 0 Å². The van der Waals surface area contributed by atoms with Gasteiger partial charge in [0.05, 0.1) is 4.34 Å². The van der Waals surface area contributed by atoms with E-state index in [1.54, 1.807) is 12.1 Å². The highest BCUT2D eigenvalue weighted by Gasteiger charge is 2.10. The standard InChI is InChI=1S/C5H6ClNO3S2/c6-5-2-1-4(11-5)3-12(9,10)7-8/h1-2,7-8H,3H2. The third-order valence-corrected chi connectivity index (χ3v) is 3.48. The lowest BCUT2D eigenvalue weighted by Gasteiger charge is -1.96. The van der Waals surface area contributed by atoms with E-state index in [1.807, 2.05) is 0 Å². The Morgan fingerprint density at radius 2 is 2.25 bits per heavy atom. The molecule has 0 unspecified atom stereocenters. The van der Waals surface area contributed by atoms with Gasteiger partial charge in [0.15, 0.2) is 0 Å². The maximum Gasteiger partial charge on any atom is 0.238 e. The fraction of sp³-hybridized carbons (Fsp3) is 0.200. The van der Waals surface area contributed by atoms with Crippen LogP contribution < -0.4 is 4.89 Å². The SMILES string of the molecule is O=S(=O)(Cc1ccc(Cl)s1)NO. The predicted molar refractivity (Wildman–Crippen MR) is 46.9 cm³/mol. The first kappa shape index (κ1) is 9.94. The molecule has 0 radical (unpaired) electrons. The summed E-state index contributed by atoms with van der Waals surface area (Å²) in [5.74, 6) is -0.249. The number of hydrogen-bond donors (Lipinski definition) is 2. The molecular weight excluding hydrogens is 222 g/mol. The molecule has 0 spiro atoms. The van der Waals surface area contributed by atoms with Crippen molar-refractivity contribution in [1.29, 1.82) is 0 Å². The second kappa shape index (κ2) is 3.71. The number of halogens is 1. The number of nitrogens with one attached hydrogen (secondary N) is 1. The summed E-state index contributed by atoms with van der Waals surface area (Å²) >= 11 is 6.74. The lowest BCUT2D eigenvalue weighted by atomic mass is 10.5. The van der Waals surface area contributed by atoms with Crippen LogP contribution in [0.1, 0.15) is 4.88 Å². The van der Waals surface area contributed by atoms with Crippen molar-refractivity contribution in [3.63, 3.8) is 0 Å². The molecule has 0 atom stereocenters. The van der Waals surface area contributed by atoms with E-state index in [-0.39, 0.29) is 5.75 Å². The lowest BCUT2D eigenvalue weighted by Crippen LogP contribution is -2.20. The average Bonchev–Trinajstić information content (AvgIpc) is 2.35. The Hall–Kier alpha value is -0.140. The largest absolute Gasteiger partial charge is 0.302 e. The predicted octanol–water partition coefficient (Wildman–Crippen LogP) is 1.21. The molecule has 4 nitrogen and oxygen atoms in total. The average molecular weight is 228 g/mol. The van der Waals surface area contributed by atoms with Gasteiger partial charge >= 0.3 is 0 Å². The van der Waals surface area contributed by atoms with Crippen molar-refractivity contribution in [2.45, 2.75) is 5.75 Å². The smallest absolute Gasteiger partial charge is 0.238 e. The normalized spacial score (nSPS) is 11.8. The van der Waals surface area contributed by atoms with Gasteiger partial charge in [-0.25, -0.2) is 8.42 Å². The fourth-order valence-electron chi connectivity index (χ4n) is 0.649. The molecule has 0 fully saturated rings. The maximum absolute atomic E-state index is 10.8. The van der Waals surface area contributed by atoms with E-state index in [0.717, 1.165) is 0 Å². The molecule has 1 aromatic rings. The number of thiophene rings is 1. The van der Waals surface area contributed by atoms with Crippen LogP contribution in [0.2, 0.25) is 4.34 Å². The molecule has 2 N–H and O–H groups in total. The molecule has 0 amide bonds.